The molecule has 17 heavy (non-hydrogen) atoms. The van der Waals surface area contributed by atoms with Gasteiger partial charge in [0.15, 0.2) is 0 Å². The lowest BCUT2D eigenvalue weighted by molar-refractivity contribution is 0.573. The number of pyridine rings is 1. The lowest BCUT2D eigenvalue weighted by Gasteiger charge is -2.02. The zero-order valence-electron chi connectivity index (χ0n) is 10.6. The number of nitrogens with zero attached hydrogens (tertiary/aromatic N) is 1. The second-order valence-electron chi connectivity index (χ2n) is 4.61. The highest BCUT2D eigenvalue weighted by Gasteiger charge is 1.96. The average molecular weight is 225 g/mol. The topological polar surface area (TPSA) is 12.9 Å². The fourth-order valence-corrected chi connectivity index (χ4v) is 1.78. The van der Waals surface area contributed by atoms with E-state index in [9.17, 15) is 0 Å². The van der Waals surface area contributed by atoms with Crippen molar-refractivity contribution in [2.75, 3.05) is 0 Å². The second-order valence-corrected chi connectivity index (χ2v) is 4.61. The summed E-state index contributed by atoms with van der Waals surface area (Å²) in [6.45, 7) is 4.51. The van der Waals surface area contributed by atoms with Gasteiger partial charge in [0.25, 0.3) is 0 Å². The second kappa shape index (κ2) is 5.62. The van der Waals surface area contributed by atoms with E-state index in [2.05, 4.69) is 49.2 Å². The predicted molar refractivity (Wildman–Crippen MR) is 74.8 cm³/mol. The molecule has 0 aliphatic carbocycles. The summed E-state index contributed by atoms with van der Waals surface area (Å²) < 4.78 is 0. The minimum Gasteiger partial charge on any atom is -0.256 e. The van der Waals surface area contributed by atoms with Crippen LogP contribution in [0.3, 0.4) is 0 Å². The monoisotopic (exact) mass is 225 g/mol. The van der Waals surface area contributed by atoms with Crippen molar-refractivity contribution in [1.82, 2.24) is 4.98 Å². The smallest absolute Gasteiger partial charge is 0.0702 e. The number of para-hydroxylation sites is 1. The summed E-state index contributed by atoms with van der Waals surface area (Å²) in [4.78, 5) is 4.45. The first kappa shape index (κ1) is 11.8. The summed E-state index contributed by atoms with van der Waals surface area (Å²) in [7, 11) is 0. The van der Waals surface area contributed by atoms with E-state index < -0.39 is 0 Å². The molecule has 1 aromatic carbocycles. The fraction of sp³-hybridized carbons (Fsp3) is 0.312. The first-order valence-corrected chi connectivity index (χ1v) is 6.31. The quantitative estimate of drug-likeness (QED) is 0.736. The molecule has 1 aromatic heterocycles. The van der Waals surface area contributed by atoms with Crippen molar-refractivity contribution in [2.45, 2.75) is 26.7 Å². The maximum absolute atomic E-state index is 4.45. The van der Waals surface area contributed by atoms with Crippen molar-refractivity contribution >= 4 is 17.0 Å². The Hall–Kier alpha value is -1.63. The van der Waals surface area contributed by atoms with E-state index >= 15 is 0 Å². The third-order valence-corrected chi connectivity index (χ3v) is 3.16. The van der Waals surface area contributed by atoms with E-state index in [1.165, 1.54) is 17.4 Å². The molecular weight excluding hydrogens is 206 g/mol. The van der Waals surface area contributed by atoms with Gasteiger partial charge in [0, 0.05) is 11.6 Å². The summed E-state index contributed by atoms with van der Waals surface area (Å²) in [6.07, 6.45) is 8.74. The van der Waals surface area contributed by atoms with Gasteiger partial charge in [0.2, 0.25) is 0 Å². The van der Waals surface area contributed by atoms with Crippen LogP contribution in [0, 0.1) is 5.92 Å². The van der Waals surface area contributed by atoms with Gasteiger partial charge in [-0.15, -0.1) is 0 Å². The van der Waals surface area contributed by atoms with Crippen LogP contribution < -0.4 is 0 Å². The van der Waals surface area contributed by atoms with Gasteiger partial charge in [0.05, 0.1) is 5.52 Å². The van der Waals surface area contributed by atoms with Crippen molar-refractivity contribution < 1.29 is 0 Å². The Kier molecular flexibility index (Phi) is 3.92. The Morgan fingerprint density at radius 2 is 2.12 bits per heavy atom. The van der Waals surface area contributed by atoms with Crippen molar-refractivity contribution in [2.24, 2.45) is 5.92 Å². The highest BCUT2D eigenvalue weighted by Crippen LogP contribution is 2.14. The van der Waals surface area contributed by atoms with Crippen LogP contribution in [0.4, 0.5) is 0 Å². The first-order chi connectivity index (χ1) is 8.29. The van der Waals surface area contributed by atoms with Gasteiger partial charge in [-0.2, -0.15) is 0 Å². The summed E-state index contributed by atoms with van der Waals surface area (Å²) in [5.74, 6) is 0.764. The lowest BCUT2D eigenvalue weighted by atomic mass is 10.0. The summed E-state index contributed by atoms with van der Waals surface area (Å²) in [5, 5.41) is 1.21. The van der Waals surface area contributed by atoms with Crippen LogP contribution in [0.5, 0.6) is 0 Å². The Morgan fingerprint density at radius 1 is 1.29 bits per heavy atom. The minimum absolute atomic E-state index is 0.764. The number of hydrogen-bond donors (Lipinski definition) is 0. The van der Waals surface area contributed by atoms with E-state index in [4.69, 9.17) is 0 Å². The summed E-state index contributed by atoms with van der Waals surface area (Å²) in [5.41, 5.74) is 2.25. The molecule has 1 atom stereocenters. The van der Waals surface area contributed by atoms with E-state index in [1.807, 2.05) is 18.3 Å². The molecule has 0 aliphatic rings. The molecular formula is C16H19N. The Bertz CT molecular complexity index is 514. The molecule has 0 radical (unpaired) electrons. The van der Waals surface area contributed by atoms with Crippen molar-refractivity contribution in [3.8, 4) is 0 Å². The van der Waals surface area contributed by atoms with Crippen LogP contribution in [-0.2, 0) is 0 Å². The maximum Gasteiger partial charge on any atom is 0.0702 e. The molecule has 0 saturated heterocycles. The van der Waals surface area contributed by atoms with Gasteiger partial charge in [0.1, 0.15) is 0 Å². The van der Waals surface area contributed by atoms with E-state index in [1.54, 1.807) is 0 Å². The van der Waals surface area contributed by atoms with Gasteiger partial charge in [-0.3, -0.25) is 4.98 Å². The van der Waals surface area contributed by atoms with Crippen LogP contribution >= 0.6 is 0 Å². The van der Waals surface area contributed by atoms with Crippen molar-refractivity contribution in [3.05, 3.63) is 48.2 Å². The van der Waals surface area contributed by atoms with Crippen LogP contribution in [0.15, 0.2) is 42.6 Å². The molecule has 1 heterocycles. The lowest BCUT2D eigenvalue weighted by Crippen LogP contribution is -1.87. The highest BCUT2D eigenvalue weighted by atomic mass is 14.6. The Morgan fingerprint density at radius 3 is 2.94 bits per heavy atom. The van der Waals surface area contributed by atoms with E-state index in [0.717, 1.165) is 17.9 Å². The zero-order valence-corrected chi connectivity index (χ0v) is 10.6. The fourth-order valence-electron chi connectivity index (χ4n) is 1.78. The molecule has 1 nitrogen and oxygen atoms in total. The standard InChI is InChI=1S/C16H19N/c1-3-13(2)7-6-8-14-11-15-9-4-5-10-16(15)17-12-14/h4-6,8-13H,3,7H2,1-2H3/b8-6-. The van der Waals surface area contributed by atoms with Crippen LogP contribution in [-0.4, -0.2) is 4.98 Å². The van der Waals surface area contributed by atoms with Gasteiger partial charge in [-0.05, 0) is 30.0 Å². The number of benzene rings is 1. The summed E-state index contributed by atoms with van der Waals surface area (Å²) in [6, 6.07) is 10.4. The van der Waals surface area contributed by atoms with E-state index in [-0.39, 0.29) is 0 Å². The first-order valence-electron chi connectivity index (χ1n) is 6.31. The van der Waals surface area contributed by atoms with Crippen LogP contribution in [0.2, 0.25) is 0 Å². The van der Waals surface area contributed by atoms with Gasteiger partial charge in [-0.25, -0.2) is 0 Å². The normalized spacial score (nSPS) is 13.3. The number of hydrogen-bond acceptors (Lipinski definition) is 1. The predicted octanol–water partition coefficient (Wildman–Crippen LogP) is 4.68. The van der Waals surface area contributed by atoms with Gasteiger partial charge < -0.3 is 0 Å². The number of fused-ring (bicyclic) bond motifs is 1. The SMILES string of the molecule is CCC(C)C/C=C\c1cnc2ccccc2c1. The zero-order chi connectivity index (χ0) is 12.1. The molecule has 0 spiro atoms. The third kappa shape index (κ3) is 3.16. The average Bonchev–Trinajstić information content (AvgIpc) is 2.38. The van der Waals surface area contributed by atoms with E-state index in [0.29, 0.717) is 0 Å². The van der Waals surface area contributed by atoms with Gasteiger partial charge >= 0.3 is 0 Å². The molecule has 88 valence electrons. The Labute approximate surface area is 103 Å². The molecule has 0 saturated carbocycles. The number of aromatic nitrogens is 1. The number of rotatable bonds is 4. The molecule has 0 amide bonds. The maximum atomic E-state index is 4.45. The van der Waals surface area contributed by atoms with Crippen LogP contribution in [0.1, 0.15) is 32.3 Å². The molecule has 0 fully saturated rings. The molecule has 0 bridgehead atoms. The van der Waals surface area contributed by atoms with Crippen LogP contribution in [0.25, 0.3) is 17.0 Å². The van der Waals surface area contributed by atoms with Gasteiger partial charge in [-0.1, -0.05) is 50.6 Å². The molecule has 1 heteroatoms. The molecule has 2 aromatic rings. The largest absolute Gasteiger partial charge is 0.256 e. The minimum atomic E-state index is 0.764. The third-order valence-electron chi connectivity index (χ3n) is 3.16. The number of allylic oxidation sites excluding steroid dienone is 1. The highest BCUT2D eigenvalue weighted by molar-refractivity contribution is 5.80. The van der Waals surface area contributed by atoms with Crippen molar-refractivity contribution in [1.29, 1.82) is 0 Å². The van der Waals surface area contributed by atoms with Crippen molar-refractivity contribution in [3.63, 3.8) is 0 Å². The summed E-state index contributed by atoms with van der Waals surface area (Å²) >= 11 is 0. The molecule has 0 N–H and O–H groups in total. The molecule has 1 unspecified atom stereocenters. The Balaban J connectivity index is 2.14. The molecule has 2 rings (SSSR count). The molecule has 0 aliphatic heterocycles.